The fourth-order valence-electron chi connectivity index (χ4n) is 4.02. The molecule has 4 heterocycles. The molecule has 9 heteroatoms. The quantitative estimate of drug-likeness (QED) is 0.569. The molecule has 2 aliphatic heterocycles. The Morgan fingerprint density at radius 3 is 2.84 bits per heavy atom. The molecule has 0 bridgehead atoms. The van der Waals surface area contributed by atoms with Crippen molar-refractivity contribution >= 4 is 11.9 Å². The lowest BCUT2D eigenvalue weighted by atomic mass is 10.0. The average Bonchev–Trinajstić information content (AvgIpc) is 3.43. The van der Waals surface area contributed by atoms with E-state index in [1.807, 2.05) is 18.2 Å². The molecular weight excluding hydrogens is 412 g/mol. The maximum atomic E-state index is 13.2. The van der Waals surface area contributed by atoms with Crippen molar-refractivity contribution in [3.8, 4) is 11.5 Å². The van der Waals surface area contributed by atoms with Gasteiger partial charge in [0.15, 0.2) is 17.2 Å². The molecule has 3 aromatic rings. The van der Waals surface area contributed by atoms with Gasteiger partial charge in [0.1, 0.15) is 0 Å². The Balaban J connectivity index is 1.44. The van der Waals surface area contributed by atoms with Crippen molar-refractivity contribution in [3.05, 3.63) is 70.8 Å². The fourth-order valence-corrected chi connectivity index (χ4v) is 4.02. The Morgan fingerprint density at radius 1 is 1.16 bits per heavy atom. The number of pyridine rings is 1. The predicted molar refractivity (Wildman–Crippen MR) is 113 cm³/mol. The molecule has 0 unspecified atom stereocenters. The SMILES string of the molecule is CCOC(=O)c1nn(Cc2ccccn2)c2c1CN(C(=O)c1ccc3c(c1)OCO3)CC2. The summed E-state index contributed by atoms with van der Waals surface area (Å²) in [6.07, 6.45) is 2.30. The highest BCUT2D eigenvalue weighted by atomic mass is 16.7. The van der Waals surface area contributed by atoms with Crippen LogP contribution in [0.5, 0.6) is 11.5 Å². The lowest BCUT2D eigenvalue weighted by Crippen LogP contribution is -2.36. The Kier molecular flexibility index (Phi) is 5.22. The Hall–Kier alpha value is -3.88. The van der Waals surface area contributed by atoms with Crippen LogP contribution in [-0.2, 0) is 24.2 Å². The number of hydrogen-bond donors (Lipinski definition) is 0. The van der Waals surface area contributed by atoms with Crippen molar-refractivity contribution < 1.29 is 23.8 Å². The molecule has 0 fully saturated rings. The van der Waals surface area contributed by atoms with Crippen molar-refractivity contribution in [2.24, 2.45) is 0 Å². The van der Waals surface area contributed by atoms with Crippen molar-refractivity contribution in [1.82, 2.24) is 19.7 Å². The molecule has 1 amide bonds. The zero-order chi connectivity index (χ0) is 22.1. The van der Waals surface area contributed by atoms with E-state index in [2.05, 4.69) is 10.1 Å². The molecule has 0 spiro atoms. The largest absolute Gasteiger partial charge is 0.461 e. The molecule has 164 valence electrons. The number of hydrogen-bond acceptors (Lipinski definition) is 7. The van der Waals surface area contributed by atoms with Crippen molar-refractivity contribution in [2.45, 2.75) is 26.4 Å². The van der Waals surface area contributed by atoms with Gasteiger partial charge in [0, 0.05) is 36.0 Å². The Morgan fingerprint density at radius 2 is 2.03 bits per heavy atom. The minimum atomic E-state index is -0.485. The summed E-state index contributed by atoms with van der Waals surface area (Å²) in [7, 11) is 0. The van der Waals surface area contributed by atoms with E-state index in [1.165, 1.54) is 0 Å². The third-order valence-electron chi connectivity index (χ3n) is 5.55. The number of carbonyl (C=O) groups excluding carboxylic acids is 2. The molecule has 2 aliphatic rings. The van der Waals surface area contributed by atoms with Gasteiger partial charge in [-0.05, 0) is 37.3 Å². The normalized spacial score (nSPS) is 14.2. The van der Waals surface area contributed by atoms with Crippen LogP contribution in [0.3, 0.4) is 0 Å². The van der Waals surface area contributed by atoms with E-state index in [-0.39, 0.29) is 31.5 Å². The van der Waals surface area contributed by atoms with Crippen LogP contribution >= 0.6 is 0 Å². The molecule has 0 N–H and O–H groups in total. The van der Waals surface area contributed by atoms with Crippen LogP contribution in [0, 0.1) is 0 Å². The number of rotatable bonds is 5. The van der Waals surface area contributed by atoms with Gasteiger partial charge in [-0.2, -0.15) is 5.10 Å². The molecule has 5 rings (SSSR count). The van der Waals surface area contributed by atoms with Gasteiger partial charge in [-0.3, -0.25) is 14.5 Å². The zero-order valence-electron chi connectivity index (χ0n) is 17.6. The summed E-state index contributed by atoms with van der Waals surface area (Å²) in [5.41, 5.74) is 3.25. The number of carbonyl (C=O) groups is 2. The highest BCUT2D eigenvalue weighted by Gasteiger charge is 2.31. The van der Waals surface area contributed by atoms with Crippen LogP contribution in [0.25, 0.3) is 0 Å². The summed E-state index contributed by atoms with van der Waals surface area (Å²) in [6.45, 7) is 3.39. The number of esters is 1. The number of amides is 1. The van der Waals surface area contributed by atoms with Gasteiger partial charge in [0.05, 0.1) is 25.4 Å². The maximum absolute atomic E-state index is 13.2. The van der Waals surface area contributed by atoms with Crippen molar-refractivity contribution in [1.29, 1.82) is 0 Å². The van der Waals surface area contributed by atoms with E-state index in [1.54, 1.807) is 40.9 Å². The van der Waals surface area contributed by atoms with Crippen LogP contribution in [0.1, 0.15) is 44.7 Å². The first-order valence-corrected chi connectivity index (χ1v) is 10.5. The summed E-state index contributed by atoms with van der Waals surface area (Å²) in [4.78, 5) is 31.9. The first kappa shape index (κ1) is 20.0. The standard InChI is InChI=1S/C23H22N4O5/c1-2-30-23(29)21-17-13-26(22(28)15-6-7-19-20(11-15)32-14-31-19)10-8-18(17)27(25-21)12-16-5-3-4-9-24-16/h3-7,9,11H,2,8,10,12-14H2,1H3. The number of fused-ring (bicyclic) bond motifs is 2. The molecular formula is C23H22N4O5. The minimum Gasteiger partial charge on any atom is -0.461 e. The van der Waals surface area contributed by atoms with Crippen LogP contribution in [0.4, 0.5) is 0 Å². The highest BCUT2D eigenvalue weighted by molar-refractivity contribution is 5.95. The molecule has 0 saturated heterocycles. The van der Waals surface area contributed by atoms with Gasteiger partial charge < -0.3 is 19.1 Å². The molecule has 0 atom stereocenters. The molecule has 0 saturated carbocycles. The van der Waals surface area contributed by atoms with Gasteiger partial charge in [-0.25, -0.2) is 4.79 Å². The number of ether oxygens (including phenoxy) is 3. The molecule has 0 radical (unpaired) electrons. The second-order valence-electron chi connectivity index (χ2n) is 7.52. The van der Waals surface area contributed by atoms with E-state index in [0.29, 0.717) is 36.6 Å². The summed E-state index contributed by atoms with van der Waals surface area (Å²) in [5, 5.41) is 4.55. The number of nitrogens with zero attached hydrogens (tertiary/aromatic N) is 4. The van der Waals surface area contributed by atoms with Crippen LogP contribution in [-0.4, -0.2) is 51.5 Å². The highest BCUT2D eigenvalue weighted by Crippen LogP contribution is 2.33. The van der Waals surface area contributed by atoms with E-state index < -0.39 is 5.97 Å². The molecule has 2 aromatic heterocycles. The minimum absolute atomic E-state index is 0.138. The van der Waals surface area contributed by atoms with Crippen LogP contribution in [0.2, 0.25) is 0 Å². The lowest BCUT2D eigenvalue weighted by molar-refractivity contribution is 0.0513. The third-order valence-corrected chi connectivity index (χ3v) is 5.55. The van der Waals surface area contributed by atoms with Gasteiger partial charge in [-0.15, -0.1) is 0 Å². The van der Waals surface area contributed by atoms with E-state index in [9.17, 15) is 9.59 Å². The van der Waals surface area contributed by atoms with Gasteiger partial charge in [0.25, 0.3) is 5.91 Å². The smallest absolute Gasteiger partial charge is 0.359 e. The van der Waals surface area contributed by atoms with Crippen molar-refractivity contribution in [3.63, 3.8) is 0 Å². The summed E-state index contributed by atoms with van der Waals surface area (Å²) in [5.74, 6) is 0.564. The monoisotopic (exact) mass is 434 g/mol. The predicted octanol–water partition coefficient (Wildman–Crippen LogP) is 2.43. The second-order valence-corrected chi connectivity index (χ2v) is 7.52. The lowest BCUT2D eigenvalue weighted by Gasteiger charge is -2.28. The molecule has 9 nitrogen and oxygen atoms in total. The van der Waals surface area contributed by atoms with Gasteiger partial charge >= 0.3 is 5.97 Å². The van der Waals surface area contributed by atoms with Crippen LogP contribution < -0.4 is 9.47 Å². The molecule has 0 aliphatic carbocycles. The first-order chi connectivity index (χ1) is 15.6. The summed E-state index contributed by atoms with van der Waals surface area (Å²) >= 11 is 0. The topological polar surface area (TPSA) is 95.8 Å². The summed E-state index contributed by atoms with van der Waals surface area (Å²) in [6, 6.07) is 10.8. The van der Waals surface area contributed by atoms with Gasteiger partial charge in [0.2, 0.25) is 6.79 Å². The maximum Gasteiger partial charge on any atom is 0.359 e. The van der Waals surface area contributed by atoms with Crippen molar-refractivity contribution in [2.75, 3.05) is 19.9 Å². The van der Waals surface area contributed by atoms with E-state index in [4.69, 9.17) is 14.2 Å². The third kappa shape index (κ3) is 3.66. The summed E-state index contributed by atoms with van der Waals surface area (Å²) < 4.78 is 17.7. The molecule has 1 aromatic carbocycles. The van der Waals surface area contributed by atoms with Crippen LogP contribution in [0.15, 0.2) is 42.6 Å². The molecule has 32 heavy (non-hydrogen) atoms. The Labute approximate surface area is 184 Å². The van der Waals surface area contributed by atoms with E-state index in [0.717, 1.165) is 17.0 Å². The Bertz CT molecular complexity index is 1170. The zero-order valence-corrected chi connectivity index (χ0v) is 17.6. The van der Waals surface area contributed by atoms with Gasteiger partial charge in [-0.1, -0.05) is 6.07 Å². The average molecular weight is 434 g/mol. The first-order valence-electron chi connectivity index (χ1n) is 10.5. The number of aromatic nitrogens is 3. The van der Waals surface area contributed by atoms with E-state index >= 15 is 0 Å². The second kappa shape index (κ2) is 8.33. The fraction of sp³-hybridized carbons (Fsp3) is 0.304. The number of benzene rings is 1.